The maximum atomic E-state index is 13.6. The number of para-hydroxylation sites is 1. The van der Waals surface area contributed by atoms with Crippen LogP contribution < -0.4 is 14.4 Å². The predicted molar refractivity (Wildman–Crippen MR) is 152 cm³/mol. The van der Waals surface area contributed by atoms with Gasteiger partial charge in [0.1, 0.15) is 34.8 Å². The van der Waals surface area contributed by atoms with Crippen LogP contribution in [0.1, 0.15) is 53.3 Å². The molecule has 9 nitrogen and oxygen atoms in total. The van der Waals surface area contributed by atoms with Crippen molar-refractivity contribution in [1.29, 1.82) is 0 Å². The van der Waals surface area contributed by atoms with Crippen molar-refractivity contribution in [3.05, 3.63) is 88.5 Å². The molecular formula is C30H30N2O7S. The quantitative estimate of drug-likeness (QED) is 0.112. The molecule has 3 aromatic rings. The number of aliphatic hydroxyl groups is 1. The summed E-state index contributed by atoms with van der Waals surface area (Å²) in [6, 6.07) is 12.5. The summed E-state index contributed by atoms with van der Waals surface area (Å²) in [7, 11) is 0. The van der Waals surface area contributed by atoms with Crippen LogP contribution in [0.3, 0.4) is 0 Å². The van der Waals surface area contributed by atoms with Crippen molar-refractivity contribution in [3.63, 3.8) is 0 Å². The lowest BCUT2D eigenvalue weighted by Crippen LogP contribution is -2.29. The number of aryl methyl sites for hydroxylation is 1. The number of carbonyl (C=O) groups is 3. The largest absolute Gasteiger partial charge is 0.507 e. The van der Waals surface area contributed by atoms with Crippen molar-refractivity contribution in [2.24, 2.45) is 0 Å². The monoisotopic (exact) mass is 562 g/mol. The number of thiazole rings is 1. The van der Waals surface area contributed by atoms with E-state index in [0.717, 1.165) is 11.3 Å². The lowest BCUT2D eigenvalue weighted by Gasteiger charge is -2.24. The van der Waals surface area contributed by atoms with Gasteiger partial charge in [-0.1, -0.05) is 42.2 Å². The van der Waals surface area contributed by atoms with E-state index in [4.69, 9.17) is 14.2 Å². The Bertz CT molecular complexity index is 1470. The van der Waals surface area contributed by atoms with Gasteiger partial charge in [-0.25, -0.2) is 9.78 Å². The number of anilines is 1. The normalized spacial score (nSPS) is 16.3. The molecule has 208 valence electrons. The molecule has 1 saturated heterocycles. The fourth-order valence-corrected chi connectivity index (χ4v) is 5.30. The summed E-state index contributed by atoms with van der Waals surface area (Å²) in [4.78, 5) is 45.5. The molecule has 10 heteroatoms. The van der Waals surface area contributed by atoms with E-state index in [2.05, 4.69) is 11.6 Å². The van der Waals surface area contributed by atoms with Gasteiger partial charge in [0.05, 0.1) is 24.0 Å². The lowest BCUT2D eigenvalue weighted by atomic mass is 9.94. The summed E-state index contributed by atoms with van der Waals surface area (Å²) in [5.41, 5.74) is 1.03. The number of hydrogen-bond acceptors (Lipinski definition) is 9. The van der Waals surface area contributed by atoms with Crippen LogP contribution in [-0.4, -0.2) is 47.1 Å². The number of rotatable bonds is 10. The Morgan fingerprint density at radius 1 is 1.18 bits per heavy atom. The van der Waals surface area contributed by atoms with Crippen LogP contribution in [0, 0.1) is 6.92 Å². The first-order valence-electron chi connectivity index (χ1n) is 12.7. The van der Waals surface area contributed by atoms with Gasteiger partial charge >= 0.3 is 11.9 Å². The van der Waals surface area contributed by atoms with Crippen LogP contribution in [0.2, 0.25) is 0 Å². The zero-order valence-corrected chi connectivity index (χ0v) is 23.5. The lowest BCUT2D eigenvalue weighted by molar-refractivity contribution is -0.132. The fraction of sp³-hybridized carbons (Fsp3) is 0.267. The van der Waals surface area contributed by atoms with Crippen molar-refractivity contribution in [2.75, 3.05) is 18.1 Å². The number of benzene rings is 2. The van der Waals surface area contributed by atoms with E-state index in [1.54, 1.807) is 55.5 Å². The van der Waals surface area contributed by atoms with Crippen molar-refractivity contribution >= 4 is 39.9 Å². The molecule has 1 aliphatic heterocycles. The second kappa shape index (κ2) is 12.2. The van der Waals surface area contributed by atoms with Crippen LogP contribution in [0.25, 0.3) is 5.76 Å². The Balaban J connectivity index is 1.88. The maximum Gasteiger partial charge on any atom is 0.350 e. The molecular weight excluding hydrogens is 532 g/mol. The number of ketones is 1. The zero-order chi connectivity index (χ0) is 29.0. The Labute approximate surface area is 236 Å². The molecule has 0 aliphatic carbocycles. The van der Waals surface area contributed by atoms with E-state index in [1.807, 2.05) is 20.8 Å². The van der Waals surface area contributed by atoms with E-state index in [-0.39, 0.29) is 34.1 Å². The number of carbonyl (C=O) groups excluding carboxylic acids is 3. The van der Waals surface area contributed by atoms with E-state index in [1.165, 1.54) is 11.0 Å². The number of aliphatic hydroxyl groups excluding tert-OH is 1. The third kappa shape index (κ3) is 5.62. The minimum atomic E-state index is -1.07. The second-order valence-electron chi connectivity index (χ2n) is 9.13. The van der Waals surface area contributed by atoms with E-state index >= 15 is 0 Å². The van der Waals surface area contributed by atoms with E-state index < -0.39 is 23.7 Å². The molecule has 1 unspecified atom stereocenters. The maximum absolute atomic E-state index is 13.6. The summed E-state index contributed by atoms with van der Waals surface area (Å²) in [6.07, 6.45) is 1.40. The molecule has 1 atom stereocenters. The minimum Gasteiger partial charge on any atom is -0.507 e. The third-order valence-corrected chi connectivity index (χ3v) is 7.10. The summed E-state index contributed by atoms with van der Waals surface area (Å²) < 4.78 is 16.7. The molecule has 0 radical (unpaired) electrons. The summed E-state index contributed by atoms with van der Waals surface area (Å²) in [5.74, 6) is -1.72. The zero-order valence-electron chi connectivity index (χ0n) is 22.7. The SMILES string of the molecule is C=CCOC(=O)c1sc(N2C(=O)C(=O)/C(=C(/O)c3ccc(OC(C)C)cc3)C2c2ccccc2OCC)nc1C. The Kier molecular flexibility index (Phi) is 8.69. The van der Waals surface area contributed by atoms with Crippen LogP contribution in [0.4, 0.5) is 5.13 Å². The summed E-state index contributed by atoms with van der Waals surface area (Å²) in [6.45, 7) is 11.1. The molecule has 2 heterocycles. The molecule has 0 bridgehead atoms. The van der Waals surface area contributed by atoms with Gasteiger partial charge < -0.3 is 19.3 Å². The van der Waals surface area contributed by atoms with Gasteiger partial charge in [-0.05, 0) is 58.0 Å². The molecule has 0 spiro atoms. The number of Topliss-reactive ketones (excluding diaryl/α,β-unsaturated/α-hetero) is 1. The van der Waals surface area contributed by atoms with Crippen molar-refractivity contribution in [1.82, 2.24) is 4.98 Å². The van der Waals surface area contributed by atoms with Gasteiger partial charge in [-0.2, -0.15) is 0 Å². The predicted octanol–water partition coefficient (Wildman–Crippen LogP) is 5.61. The van der Waals surface area contributed by atoms with Gasteiger partial charge in [0.2, 0.25) is 0 Å². The Morgan fingerprint density at radius 2 is 1.88 bits per heavy atom. The molecule has 40 heavy (non-hydrogen) atoms. The number of hydrogen-bond donors (Lipinski definition) is 1. The second-order valence-corrected chi connectivity index (χ2v) is 10.1. The molecule has 1 aliphatic rings. The number of nitrogens with zero attached hydrogens (tertiary/aromatic N) is 2. The first-order valence-corrected chi connectivity index (χ1v) is 13.5. The highest BCUT2D eigenvalue weighted by atomic mass is 32.1. The van der Waals surface area contributed by atoms with Crippen molar-refractivity contribution in [3.8, 4) is 11.5 Å². The van der Waals surface area contributed by atoms with Gasteiger partial charge in [-0.3, -0.25) is 14.5 Å². The van der Waals surface area contributed by atoms with Crippen LogP contribution in [0.5, 0.6) is 11.5 Å². The molecule has 1 aromatic heterocycles. The number of amides is 1. The highest BCUT2D eigenvalue weighted by Crippen LogP contribution is 2.46. The topological polar surface area (TPSA) is 115 Å². The van der Waals surface area contributed by atoms with E-state index in [9.17, 15) is 19.5 Å². The average Bonchev–Trinajstić information content (AvgIpc) is 3.44. The number of aromatic nitrogens is 1. The Hall–Kier alpha value is -4.44. The van der Waals surface area contributed by atoms with Crippen LogP contribution >= 0.6 is 11.3 Å². The minimum absolute atomic E-state index is 0.0126. The first kappa shape index (κ1) is 28.6. The fourth-order valence-electron chi connectivity index (χ4n) is 4.31. The summed E-state index contributed by atoms with van der Waals surface area (Å²) in [5, 5.41) is 11.6. The smallest absolute Gasteiger partial charge is 0.350 e. The van der Waals surface area contributed by atoms with Crippen LogP contribution in [-0.2, 0) is 14.3 Å². The van der Waals surface area contributed by atoms with Gasteiger partial charge in [0.25, 0.3) is 5.78 Å². The molecule has 1 amide bonds. The van der Waals surface area contributed by atoms with E-state index in [0.29, 0.717) is 34.9 Å². The molecule has 1 fully saturated rings. The van der Waals surface area contributed by atoms with Crippen molar-refractivity contribution < 1.29 is 33.7 Å². The molecule has 1 N–H and O–H groups in total. The third-order valence-electron chi connectivity index (χ3n) is 5.97. The van der Waals surface area contributed by atoms with Gasteiger partial charge in [0.15, 0.2) is 5.13 Å². The standard InChI is InChI=1S/C30H30N2O7S/c1-6-16-38-29(36)27-18(5)31-30(40-27)32-24(21-10-8-9-11-22(21)37-7-2)23(26(34)28(32)35)25(33)19-12-14-20(15-13-19)39-17(3)4/h6,8-15,17,24,33H,1,7,16H2,2-5H3/b25-23+. The molecule has 0 saturated carbocycles. The van der Waals surface area contributed by atoms with Gasteiger partial charge in [-0.15, -0.1) is 0 Å². The summed E-state index contributed by atoms with van der Waals surface area (Å²) >= 11 is 0.927. The average molecular weight is 563 g/mol. The van der Waals surface area contributed by atoms with Crippen molar-refractivity contribution in [2.45, 2.75) is 39.8 Å². The highest BCUT2D eigenvalue weighted by molar-refractivity contribution is 7.17. The van der Waals surface area contributed by atoms with Crippen LogP contribution in [0.15, 0.2) is 66.8 Å². The first-order chi connectivity index (χ1) is 19.2. The highest BCUT2D eigenvalue weighted by Gasteiger charge is 2.49. The Morgan fingerprint density at radius 3 is 2.52 bits per heavy atom. The molecule has 4 rings (SSSR count). The number of esters is 1. The van der Waals surface area contributed by atoms with Gasteiger partial charge in [0, 0.05) is 11.1 Å². The molecule has 2 aromatic carbocycles. The number of ether oxygens (including phenoxy) is 3.